The van der Waals surface area contributed by atoms with E-state index in [9.17, 15) is 13.4 Å². The zero-order chi connectivity index (χ0) is 17.0. The van der Waals surface area contributed by atoms with Gasteiger partial charge in [0, 0.05) is 19.5 Å². The summed E-state index contributed by atoms with van der Waals surface area (Å²) < 4.78 is 26.7. The monoisotopic (exact) mass is 338 g/mol. The number of benzene rings is 1. The van der Waals surface area contributed by atoms with Crippen LogP contribution in [-0.4, -0.2) is 30.6 Å². The zero-order valence-corrected chi connectivity index (χ0v) is 14.1. The molecule has 1 heterocycles. The number of hydrogen-bond acceptors (Lipinski definition) is 4. The molecule has 0 spiro atoms. The SMILES string of the molecule is CC(C)c1nnc([S@](=O)CC(=O)NCc2ccc(F)cc2)n1C. The first-order valence-electron chi connectivity index (χ1n) is 7.17. The van der Waals surface area contributed by atoms with Gasteiger partial charge >= 0.3 is 0 Å². The number of rotatable bonds is 6. The van der Waals surface area contributed by atoms with Gasteiger partial charge in [-0.1, -0.05) is 26.0 Å². The summed E-state index contributed by atoms with van der Waals surface area (Å²) in [6.45, 7) is 4.19. The van der Waals surface area contributed by atoms with Crippen LogP contribution in [-0.2, 0) is 29.2 Å². The lowest BCUT2D eigenvalue weighted by Crippen LogP contribution is -2.28. The van der Waals surface area contributed by atoms with Crippen molar-refractivity contribution in [2.24, 2.45) is 7.05 Å². The van der Waals surface area contributed by atoms with Crippen LogP contribution in [0.4, 0.5) is 4.39 Å². The van der Waals surface area contributed by atoms with Crippen molar-refractivity contribution in [3.05, 3.63) is 41.5 Å². The molecule has 2 rings (SSSR count). The van der Waals surface area contributed by atoms with E-state index in [2.05, 4.69) is 15.5 Å². The number of aromatic nitrogens is 3. The van der Waals surface area contributed by atoms with Crippen molar-refractivity contribution >= 4 is 16.7 Å². The van der Waals surface area contributed by atoms with E-state index < -0.39 is 10.8 Å². The van der Waals surface area contributed by atoms with Crippen molar-refractivity contribution in [1.82, 2.24) is 20.1 Å². The number of nitrogens with zero attached hydrogens (tertiary/aromatic N) is 3. The molecular formula is C15H19FN4O2S. The molecule has 0 aliphatic carbocycles. The molecule has 8 heteroatoms. The lowest BCUT2D eigenvalue weighted by molar-refractivity contribution is -0.118. The highest BCUT2D eigenvalue weighted by Gasteiger charge is 2.19. The maximum atomic E-state index is 12.8. The maximum Gasteiger partial charge on any atom is 0.233 e. The van der Waals surface area contributed by atoms with E-state index in [-0.39, 0.29) is 35.1 Å². The molecule has 1 N–H and O–H groups in total. The number of carbonyl (C=O) groups is 1. The van der Waals surface area contributed by atoms with E-state index in [0.29, 0.717) is 0 Å². The van der Waals surface area contributed by atoms with Crippen LogP contribution in [0, 0.1) is 5.82 Å². The largest absolute Gasteiger partial charge is 0.351 e. The van der Waals surface area contributed by atoms with Gasteiger partial charge in [-0.3, -0.25) is 9.00 Å². The zero-order valence-electron chi connectivity index (χ0n) is 13.2. The molecular weight excluding hydrogens is 319 g/mol. The molecule has 2 aromatic rings. The molecule has 0 bridgehead atoms. The second-order valence-electron chi connectivity index (χ2n) is 5.45. The summed E-state index contributed by atoms with van der Waals surface area (Å²) in [5.74, 6) is 0.00226. The summed E-state index contributed by atoms with van der Waals surface area (Å²) in [6, 6.07) is 5.83. The lowest BCUT2D eigenvalue weighted by atomic mass is 10.2. The molecule has 0 aliphatic rings. The molecule has 0 unspecified atom stereocenters. The molecule has 0 fully saturated rings. The molecule has 0 radical (unpaired) electrons. The second kappa shape index (κ2) is 7.45. The third-order valence-electron chi connectivity index (χ3n) is 3.25. The molecule has 1 aromatic heterocycles. The smallest absolute Gasteiger partial charge is 0.233 e. The standard InChI is InChI=1S/C15H19FN4O2S/c1-10(2)14-18-19-15(20(14)3)23(22)9-13(21)17-8-11-4-6-12(16)7-5-11/h4-7,10H,8-9H2,1-3H3,(H,17,21)/t23-/m1/s1. The number of halogens is 1. The van der Waals surface area contributed by atoms with Crippen LogP contribution in [0.5, 0.6) is 0 Å². The van der Waals surface area contributed by atoms with Crippen LogP contribution >= 0.6 is 0 Å². The average molecular weight is 338 g/mol. The molecule has 23 heavy (non-hydrogen) atoms. The first-order valence-corrected chi connectivity index (χ1v) is 8.49. The minimum absolute atomic E-state index is 0.158. The summed E-state index contributed by atoms with van der Waals surface area (Å²) in [4.78, 5) is 11.9. The summed E-state index contributed by atoms with van der Waals surface area (Å²) in [5, 5.41) is 10.8. The van der Waals surface area contributed by atoms with Crippen molar-refractivity contribution in [2.75, 3.05) is 5.75 Å². The highest BCUT2D eigenvalue weighted by atomic mass is 32.2. The van der Waals surface area contributed by atoms with E-state index in [0.717, 1.165) is 11.4 Å². The molecule has 0 aliphatic heterocycles. The van der Waals surface area contributed by atoms with E-state index in [1.54, 1.807) is 23.7 Å². The van der Waals surface area contributed by atoms with Gasteiger partial charge in [-0.25, -0.2) is 4.39 Å². The topological polar surface area (TPSA) is 76.9 Å². The minimum atomic E-state index is -1.57. The Bertz CT molecular complexity index is 713. The second-order valence-corrected chi connectivity index (χ2v) is 6.79. The first kappa shape index (κ1) is 17.3. The third kappa shape index (κ3) is 4.44. The molecule has 6 nitrogen and oxygen atoms in total. The quantitative estimate of drug-likeness (QED) is 0.866. The predicted octanol–water partition coefficient (Wildman–Crippen LogP) is 1.50. The number of carbonyl (C=O) groups excluding carboxylic acids is 1. The van der Waals surface area contributed by atoms with Crippen LogP contribution in [0.3, 0.4) is 0 Å². The molecule has 1 amide bonds. The Kier molecular flexibility index (Phi) is 5.59. The maximum absolute atomic E-state index is 12.8. The van der Waals surface area contributed by atoms with Gasteiger partial charge in [-0.2, -0.15) is 0 Å². The number of nitrogens with one attached hydrogen (secondary N) is 1. The van der Waals surface area contributed by atoms with Gasteiger partial charge in [0.15, 0.2) is 0 Å². The van der Waals surface area contributed by atoms with Crippen molar-refractivity contribution in [3.63, 3.8) is 0 Å². The Hall–Kier alpha value is -2.09. The molecule has 1 aromatic carbocycles. The highest BCUT2D eigenvalue weighted by molar-refractivity contribution is 7.85. The first-order chi connectivity index (χ1) is 10.9. The molecule has 1 atom stereocenters. The average Bonchev–Trinajstić information content (AvgIpc) is 2.88. The van der Waals surface area contributed by atoms with Crippen LogP contribution in [0.15, 0.2) is 29.4 Å². The van der Waals surface area contributed by atoms with Crippen LogP contribution < -0.4 is 5.32 Å². The number of amides is 1. The normalized spacial score (nSPS) is 12.4. The Morgan fingerprint density at radius 1 is 1.30 bits per heavy atom. The Balaban J connectivity index is 1.92. The van der Waals surface area contributed by atoms with E-state index in [1.807, 2.05) is 13.8 Å². The summed E-state index contributed by atoms with van der Waals surface area (Å²) >= 11 is 0. The minimum Gasteiger partial charge on any atom is -0.351 e. The van der Waals surface area contributed by atoms with E-state index in [1.165, 1.54) is 12.1 Å². The molecule has 0 saturated carbocycles. The lowest BCUT2D eigenvalue weighted by Gasteiger charge is -2.07. The molecule has 0 saturated heterocycles. The van der Waals surface area contributed by atoms with Gasteiger partial charge in [0.25, 0.3) is 0 Å². The number of hydrogen-bond donors (Lipinski definition) is 1. The van der Waals surface area contributed by atoms with Crippen LogP contribution in [0.25, 0.3) is 0 Å². The van der Waals surface area contributed by atoms with Crippen molar-refractivity contribution in [3.8, 4) is 0 Å². The fraction of sp³-hybridized carbons (Fsp3) is 0.400. The Morgan fingerprint density at radius 2 is 1.96 bits per heavy atom. The van der Waals surface area contributed by atoms with Gasteiger partial charge in [0.2, 0.25) is 11.1 Å². The fourth-order valence-corrected chi connectivity index (χ4v) is 3.06. The fourth-order valence-electron chi connectivity index (χ4n) is 2.06. The van der Waals surface area contributed by atoms with E-state index in [4.69, 9.17) is 0 Å². The van der Waals surface area contributed by atoms with Gasteiger partial charge in [0.05, 0.1) is 0 Å². The van der Waals surface area contributed by atoms with Crippen molar-refractivity contribution in [1.29, 1.82) is 0 Å². The Labute approximate surface area is 136 Å². The van der Waals surface area contributed by atoms with Crippen LogP contribution in [0.1, 0.15) is 31.2 Å². The van der Waals surface area contributed by atoms with Crippen LogP contribution in [0.2, 0.25) is 0 Å². The predicted molar refractivity (Wildman–Crippen MR) is 84.6 cm³/mol. The Morgan fingerprint density at radius 3 is 2.52 bits per heavy atom. The summed E-state index contributed by atoms with van der Waals surface area (Å²) in [6.07, 6.45) is 0. The third-order valence-corrected chi connectivity index (χ3v) is 4.54. The summed E-state index contributed by atoms with van der Waals surface area (Å²) in [7, 11) is 0.170. The molecule has 124 valence electrons. The van der Waals surface area contributed by atoms with Gasteiger partial charge in [-0.15, -0.1) is 10.2 Å². The summed E-state index contributed by atoms with van der Waals surface area (Å²) in [5.41, 5.74) is 0.770. The van der Waals surface area contributed by atoms with Gasteiger partial charge in [0.1, 0.15) is 28.2 Å². The van der Waals surface area contributed by atoms with Gasteiger partial charge < -0.3 is 9.88 Å². The van der Waals surface area contributed by atoms with Crippen molar-refractivity contribution < 1.29 is 13.4 Å². The highest BCUT2D eigenvalue weighted by Crippen LogP contribution is 2.13. The van der Waals surface area contributed by atoms with E-state index >= 15 is 0 Å². The van der Waals surface area contributed by atoms with Crippen molar-refractivity contribution in [2.45, 2.75) is 31.5 Å². The van der Waals surface area contributed by atoms with Gasteiger partial charge in [-0.05, 0) is 17.7 Å².